The third-order valence-corrected chi connectivity index (χ3v) is 3.92. The maximum absolute atomic E-state index is 6.08. The highest BCUT2D eigenvalue weighted by Gasteiger charge is 2.14. The lowest BCUT2D eigenvalue weighted by Crippen LogP contribution is -2.09. The number of anilines is 1. The summed E-state index contributed by atoms with van der Waals surface area (Å²) in [5.41, 5.74) is 3.65. The Morgan fingerprint density at radius 2 is 2.15 bits per heavy atom. The molecule has 1 aliphatic heterocycles. The molecule has 104 valence electrons. The highest BCUT2D eigenvalue weighted by Crippen LogP contribution is 2.30. The molecule has 0 spiro atoms. The molecule has 2 aromatic carbocycles. The van der Waals surface area contributed by atoms with Gasteiger partial charge in [0.05, 0.1) is 12.6 Å². The van der Waals surface area contributed by atoms with E-state index in [4.69, 9.17) is 16.3 Å². The van der Waals surface area contributed by atoms with Gasteiger partial charge in [-0.1, -0.05) is 30.7 Å². The fraction of sp³-hybridized carbons (Fsp3) is 0.294. The summed E-state index contributed by atoms with van der Waals surface area (Å²) >= 11 is 6.08. The van der Waals surface area contributed by atoms with Crippen LogP contribution in [0.5, 0.6) is 5.75 Å². The molecule has 0 radical (unpaired) electrons. The molecule has 0 bridgehead atoms. The van der Waals surface area contributed by atoms with E-state index >= 15 is 0 Å². The first-order chi connectivity index (χ1) is 9.76. The number of rotatable bonds is 4. The van der Waals surface area contributed by atoms with Crippen LogP contribution in [0.15, 0.2) is 42.5 Å². The first-order valence-corrected chi connectivity index (χ1v) is 7.42. The van der Waals surface area contributed by atoms with Gasteiger partial charge in [-0.2, -0.15) is 0 Å². The van der Waals surface area contributed by atoms with Crippen LogP contribution in [0, 0.1) is 0 Å². The second-order valence-electron chi connectivity index (χ2n) is 5.08. The molecule has 3 rings (SSSR count). The number of nitrogens with one attached hydrogen (secondary N) is 1. The van der Waals surface area contributed by atoms with Gasteiger partial charge in [0.1, 0.15) is 5.75 Å². The van der Waals surface area contributed by atoms with Gasteiger partial charge in [0.2, 0.25) is 0 Å². The van der Waals surface area contributed by atoms with Gasteiger partial charge in [-0.05, 0) is 47.9 Å². The maximum atomic E-state index is 6.08. The average molecular weight is 288 g/mol. The maximum Gasteiger partial charge on any atom is 0.122 e. The fourth-order valence-corrected chi connectivity index (χ4v) is 2.82. The molecule has 2 nitrogen and oxygen atoms in total. The number of halogens is 1. The van der Waals surface area contributed by atoms with Crippen molar-refractivity contribution in [2.75, 3.05) is 11.9 Å². The molecule has 0 saturated heterocycles. The molecule has 0 amide bonds. The zero-order chi connectivity index (χ0) is 13.9. The van der Waals surface area contributed by atoms with Crippen LogP contribution < -0.4 is 10.1 Å². The zero-order valence-corrected chi connectivity index (χ0v) is 12.3. The van der Waals surface area contributed by atoms with Gasteiger partial charge in [0, 0.05) is 17.1 Å². The van der Waals surface area contributed by atoms with Crippen LogP contribution in [0.2, 0.25) is 5.02 Å². The van der Waals surface area contributed by atoms with Crippen molar-refractivity contribution in [1.82, 2.24) is 0 Å². The van der Waals surface area contributed by atoms with Crippen LogP contribution in [-0.4, -0.2) is 6.61 Å². The van der Waals surface area contributed by atoms with E-state index in [9.17, 15) is 0 Å². The highest BCUT2D eigenvalue weighted by atomic mass is 35.5. The Morgan fingerprint density at radius 1 is 1.25 bits per heavy atom. The van der Waals surface area contributed by atoms with Crippen LogP contribution in [0.25, 0.3) is 0 Å². The summed E-state index contributed by atoms with van der Waals surface area (Å²) in [5, 5.41) is 4.37. The third kappa shape index (κ3) is 2.75. The zero-order valence-electron chi connectivity index (χ0n) is 11.5. The summed E-state index contributed by atoms with van der Waals surface area (Å²) in [6.07, 6.45) is 2.01. The summed E-state index contributed by atoms with van der Waals surface area (Å²) in [7, 11) is 0. The minimum Gasteiger partial charge on any atom is -0.493 e. The number of fused-ring (bicyclic) bond motifs is 1. The molecule has 20 heavy (non-hydrogen) atoms. The van der Waals surface area contributed by atoms with Crippen molar-refractivity contribution in [2.24, 2.45) is 0 Å². The Labute approximate surface area is 124 Å². The Bertz CT molecular complexity index is 612. The van der Waals surface area contributed by atoms with E-state index in [-0.39, 0.29) is 6.04 Å². The largest absolute Gasteiger partial charge is 0.493 e. The standard InChI is InChI=1S/C17H18ClNO/c1-2-16(12-4-3-5-14(18)10-12)19-15-6-7-17-13(11-15)8-9-20-17/h3-7,10-11,16,19H,2,8-9H2,1H3. The number of ether oxygens (including phenoxy) is 1. The smallest absolute Gasteiger partial charge is 0.122 e. The van der Waals surface area contributed by atoms with Gasteiger partial charge in [0.25, 0.3) is 0 Å². The van der Waals surface area contributed by atoms with Crippen molar-refractivity contribution in [3.05, 3.63) is 58.6 Å². The second-order valence-corrected chi connectivity index (χ2v) is 5.52. The quantitative estimate of drug-likeness (QED) is 0.869. The molecule has 1 N–H and O–H groups in total. The van der Waals surface area contributed by atoms with E-state index in [1.807, 2.05) is 18.2 Å². The Morgan fingerprint density at radius 3 is 2.95 bits per heavy atom. The van der Waals surface area contributed by atoms with Crippen molar-refractivity contribution in [1.29, 1.82) is 0 Å². The predicted molar refractivity (Wildman–Crippen MR) is 83.7 cm³/mol. The van der Waals surface area contributed by atoms with E-state index < -0.39 is 0 Å². The van der Waals surface area contributed by atoms with Gasteiger partial charge in [-0.3, -0.25) is 0 Å². The van der Waals surface area contributed by atoms with Crippen LogP contribution >= 0.6 is 11.6 Å². The van der Waals surface area contributed by atoms with Crippen molar-refractivity contribution < 1.29 is 4.74 Å². The van der Waals surface area contributed by atoms with Crippen LogP contribution in [-0.2, 0) is 6.42 Å². The number of benzene rings is 2. The lowest BCUT2D eigenvalue weighted by Gasteiger charge is -2.19. The van der Waals surface area contributed by atoms with Crippen molar-refractivity contribution >= 4 is 17.3 Å². The van der Waals surface area contributed by atoms with Gasteiger partial charge >= 0.3 is 0 Å². The van der Waals surface area contributed by atoms with Gasteiger partial charge in [-0.15, -0.1) is 0 Å². The molecular weight excluding hydrogens is 270 g/mol. The van der Waals surface area contributed by atoms with E-state index in [1.165, 1.54) is 11.1 Å². The summed E-state index contributed by atoms with van der Waals surface area (Å²) < 4.78 is 5.54. The van der Waals surface area contributed by atoms with Crippen LogP contribution in [0.4, 0.5) is 5.69 Å². The first kappa shape index (κ1) is 13.3. The van der Waals surface area contributed by atoms with Crippen molar-refractivity contribution in [3.8, 4) is 5.75 Å². The van der Waals surface area contributed by atoms with Gasteiger partial charge in [-0.25, -0.2) is 0 Å². The molecule has 1 atom stereocenters. The fourth-order valence-electron chi connectivity index (χ4n) is 2.62. The predicted octanol–water partition coefficient (Wildman–Crippen LogP) is 4.84. The summed E-state index contributed by atoms with van der Waals surface area (Å²) in [6, 6.07) is 14.6. The Kier molecular flexibility index (Phi) is 3.83. The third-order valence-electron chi connectivity index (χ3n) is 3.69. The highest BCUT2D eigenvalue weighted by molar-refractivity contribution is 6.30. The minimum absolute atomic E-state index is 0.272. The first-order valence-electron chi connectivity index (χ1n) is 7.04. The second kappa shape index (κ2) is 5.76. The topological polar surface area (TPSA) is 21.3 Å². The Balaban J connectivity index is 1.81. The molecular formula is C17H18ClNO. The summed E-state index contributed by atoms with van der Waals surface area (Å²) in [5.74, 6) is 1.02. The molecule has 0 aromatic heterocycles. The van der Waals surface area contributed by atoms with Crippen LogP contribution in [0.3, 0.4) is 0 Å². The van der Waals surface area contributed by atoms with Crippen molar-refractivity contribution in [2.45, 2.75) is 25.8 Å². The molecule has 1 aliphatic rings. The molecule has 3 heteroatoms. The Hall–Kier alpha value is -1.67. The number of hydrogen-bond acceptors (Lipinski definition) is 2. The minimum atomic E-state index is 0.272. The van der Waals surface area contributed by atoms with Gasteiger partial charge < -0.3 is 10.1 Å². The lowest BCUT2D eigenvalue weighted by molar-refractivity contribution is 0.357. The van der Waals surface area contributed by atoms with E-state index in [0.29, 0.717) is 0 Å². The molecule has 1 unspecified atom stereocenters. The lowest BCUT2D eigenvalue weighted by atomic mass is 10.0. The molecule has 1 heterocycles. The monoisotopic (exact) mass is 287 g/mol. The summed E-state index contributed by atoms with van der Waals surface area (Å²) in [6.45, 7) is 2.97. The molecule has 0 aliphatic carbocycles. The van der Waals surface area contributed by atoms with Crippen molar-refractivity contribution in [3.63, 3.8) is 0 Å². The van der Waals surface area contributed by atoms with E-state index in [0.717, 1.165) is 35.9 Å². The van der Waals surface area contributed by atoms with E-state index in [1.54, 1.807) is 0 Å². The SMILES string of the molecule is CCC(Nc1ccc2c(c1)CCO2)c1cccc(Cl)c1. The van der Waals surface area contributed by atoms with Crippen LogP contribution in [0.1, 0.15) is 30.5 Å². The van der Waals surface area contributed by atoms with E-state index in [2.05, 4.69) is 36.5 Å². The number of hydrogen-bond donors (Lipinski definition) is 1. The molecule has 0 saturated carbocycles. The molecule has 2 aromatic rings. The van der Waals surface area contributed by atoms with Gasteiger partial charge in [0.15, 0.2) is 0 Å². The molecule has 0 fully saturated rings. The normalized spacial score (nSPS) is 14.5. The summed E-state index contributed by atoms with van der Waals surface area (Å²) in [4.78, 5) is 0. The average Bonchev–Trinajstić information content (AvgIpc) is 2.92.